The van der Waals surface area contributed by atoms with Gasteiger partial charge in [-0.05, 0) is 22.9 Å². The molecule has 0 aromatic carbocycles. The lowest BCUT2D eigenvalue weighted by atomic mass is 10.5. The van der Waals surface area contributed by atoms with Crippen molar-refractivity contribution in [3.05, 3.63) is 26.8 Å². The zero-order chi connectivity index (χ0) is 13.8. The molecule has 0 radical (unpaired) electrons. The number of hydrogen-bond donors (Lipinski definition) is 1. The number of hydrogen-bond acceptors (Lipinski definition) is 5. The molecule has 1 aromatic heterocycles. The molecule has 0 aliphatic rings. The summed E-state index contributed by atoms with van der Waals surface area (Å²) >= 11 is 3.13. The third-order valence-electron chi connectivity index (χ3n) is 2.37. The van der Waals surface area contributed by atoms with Crippen LogP contribution in [0.15, 0.2) is 15.5 Å². The summed E-state index contributed by atoms with van der Waals surface area (Å²) in [4.78, 5) is 15.8. The summed E-state index contributed by atoms with van der Waals surface area (Å²) in [6, 6.07) is 0. The van der Waals surface area contributed by atoms with Crippen LogP contribution in [0.25, 0.3) is 0 Å². The van der Waals surface area contributed by atoms with Crippen molar-refractivity contribution in [3.8, 4) is 0 Å². The first kappa shape index (κ1) is 15.3. The second-order valence-corrected chi connectivity index (χ2v) is 7.10. The van der Waals surface area contributed by atoms with Gasteiger partial charge in [-0.2, -0.15) is 0 Å². The first-order valence-corrected chi connectivity index (χ1v) is 8.27. The molecule has 0 spiro atoms. The summed E-state index contributed by atoms with van der Waals surface area (Å²) in [6.07, 6.45) is 2.67. The fraction of sp³-hybridized carbons (Fsp3) is 0.600. The number of sulfone groups is 1. The summed E-state index contributed by atoms with van der Waals surface area (Å²) in [5, 5.41) is 2.98. The van der Waals surface area contributed by atoms with E-state index in [9.17, 15) is 13.2 Å². The van der Waals surface area contributed by atoms with E-state index in [1.807, 2.05) is 0 Å². The van der Waals surface area contributed by atoms with Crippen LogP contribution in [-0.4, -0.2) is 43.1 Å². The lowest BCUT2D eigenvalue weighted by Crippen LogP contribution is -2.31. The molecule has 1 aromatic rings. The first-order valence-electron chi connectivity index (χ1n) is 5.41. The molecule has 102 valence electrons. The van der Waals surface area contributed by atoms with Crippen LogP contribution in [-0.2, 0) is 16.4 Å². The van der Waals surface area contributed by atoms with Gasteiger partial charge in [0.25, 0.3) is 5.56 Å². The smallest absolute Gasteiger partial charge is 0.267 e. The lowest BCUT2D eigenvalue weighted by molar-refractivity contribution is 0.567. The molecule has 0 saturated carbocycles. The van der Waals surface area contributed by atoms with Crippen LogP contribution < -0.4 is 10.9 Å². The van der Waals surface area contributed by atoms with Crippen molar-refractivity contribution in [1.29, 1.82) is 0 Å². The van der Waals surface area contributed by atoms with Crippen molar-refractivity contribution >= 4 is 25.8 Å². The second-order valence-electron chi connectivity index (χ2n) is 3.99. The average molecular weight is 338 g/mol. The van der Waals surface area contributed by atoms with E-state index in [-0.39, 0.29) is 11.3 Å². The van der Waals surface area contributed by atoms with E-state index in [1.54, 1.807) is 6.92 Å². The minimum absolute atomic E-state index is 0.0949. The van der Waals surface area contributed by atoms with E-state index < -0.39 is 9.84 Å². The van der Waals surface area contributed by atoms with Crippen molar-refractivity contribution < 1.29 is 8.42 Å². The van der Waals surface area contributed by atoms with Gasteiger partial charge in [0, 0.05) is 32.1 Å². The molecule has 0 saturated heterocycles. The Morgan fingerprint density at radius 2 is 2.11 bits per heavy atom. The van der Waals surface area contributed by atoms with Crippen molar-refractivity contribution in [2.24, 2.45) is 0 Å². The standard InChI is InChI=1S/C10H16BrN3O3S/c1-8-13-7-9(11)10(15)14(8)5-3-12-4-6-18(2,16)17/h7,12H,3-6H2,1-2H3. The second kappa shape index (κ2) is 6.44. The zero-order valence-corrected chi connectivity index (χ0v) is 12.7. The Morgan fingerprint density at radius 3 is 2.72 bits per heavy atom. The number of nitrogens with zero attached hydrogens (tertiary/aromatic N) is 2. The SMILES string of the molecule is Cc1ncc(Br)c(=O)n1CCNCCS(C)(=O)=O. The summed E-state index contributed by atoms with van der Waals surface area (Å²) < 4.78 is 23.8. The Hall–Kier alpha value is -0.730. The molecule has 0 bridgehead atoms. The van der Waals surface area contributed by atoms with Crippen LogP contribution in [0.4, 0.5) is 0 Å². The predicted molar refractivity (Wildman–Crippen MR) is 73.5 cm³/mol. The number of aromatic nitrogens is 2. The molecular formula is C10H16BrN3O3S. The molecule has 0 unspecified atom stereocenters. The molecule has 1 heterocycles. The highest BCUT2D eigenvalue weighted by Crippen LogP contribution is 2.00. The summed E-state index contributed by atoms with van der Waals surface area (Å²) in [6.45, 7) is 3.12. The van der Waals surface area contributed by atoms with Gasteiger partial charge in [-0.1, -0.05) is 0 Å². The van der Waals surface area contributed by atoms with Gasteiger partial charge in [0.05, 0.1) is 5.75 Å². The van der Waals surface area contributed by atoms with Gasteiger partial charge in [-0.3, -0.25) is 9.36 Å². The third-order valence-corrected chi connectivity index (χ3v) is 3.86. The largest absolute Gasteiger partial charge is 0.314 e. The summed E-state index contributed by atoms with van der Waals surface area (Å²) in [5.74, 6) is 0.727. The first-order chi connectivity index (χ1) is 8.31. The van der Waals surface area contributed by atoms with Crippen LogP contribution in [0.1, 0.15) is 5.82 Å². The topological polar surface area (TPSA) is 81.1 Å². The highest BCUT2D eigenvalue weighted by molar-refractivity contribution is 9.10. The summed E-state index contributed by atoms with van der Waals surface area (Å²) in [7, 11) is -2.94. The van der Waals surface area contributed by atoms with Gasteiger partial charge in [-0.15, -0.1) is 0 Å². The van der Waals surface area contributed by atoms with Crippen molar-refractivity contribution in [2.75, 3.05) is 25.1 Å². The van der Waals surface area contributed by atoms with Crippen LogP contribution in [0.3, 0.4) is 0 Å². The number of halogens is 1. The molecule has 0 aliphatic heterocycles. The molecule has 1 rings (SSSR count). The molecule has 6 nitrogen and oxygen atoms in total. The predicted octanol–water partition coefficient (Wildman–Crippen LogP) is -0.0516. The Morgan fingerprint density at radius 1 is 1.44 bits per heavy atom. The minimum atomic E-state index is -2.94. The molecule has 18 heavy (non-hydrogen) atoms. The van der Waals surface area contributed by atoms with Gasteiger partial charge in [0.1, 0.15) is 20.1 Å². The highest BCUT2D eigenvalue weighted by atomic mass is 79.9. The minimum Gasteiger partial charge on any atom is -0.314 e. The van der Waals surface area contributed by atoms with E-state index in [4.69, 9.17) is 0 Å². The van der Waals surface area contributed by atoms with Gasteiger partial charge < -0.3 is 5.32 Å². The quantitative estimate of drug-likeness (QED) is 0.736. The monoisotopic (exact) mass is 337 g/mol. The normalized spacial score (nSPS) is 11.7. The van der Waals surface area contributed by atoms with E-state index >= 15 is 0 Å². The molecule has 8 heteroatoms. The molecule has 1 N–H and O–H groups in total. The average Bonchev–Trinajstić information content (AvgIpc) is 2.26. The van der Waals surface area contributed by atoms with Gasteiger partial charge in [0.15, 0.2) is 0 Å². The fourth-order valence-corrected chi connectivity index (χ4v) is 2.22. The fourth-order valence-electron chi connectivity index (χ4n) is 1.39. The van der Waals surface area contributed by atoms with E-state index in [2.05, 4.69) is 26.2 Å². The van der Waals surface area contributed by atoms with Gasteiger partial charge >= 0.3 is 0 Å². The Labute approximate surface area is 114 Å². The van der Waals surface area contributed by atoms with E-state index in [0.717, 1.165) is 0 Å². The highest BCUT2D eigenvalue weighted by Gasteiger charge is 2.05. The maximum atomic E-state index is 11.8. The maximum Gasteiger partial charge on any atom is 0.267 e. The number of aryl methyl sites for hydroxylation is 1. The zero-order valence-electron chi connectivity index (χ0n) is 10.3. The number of nitrogens with one attached hydrogen (secondary N) is 1. The van der Waals surface area contributed by atoms with Gasteiger partial charge in [0.2, 0.25) is 0 Å². The van der Waals surface area contributed by atoms with Crippen LogP contribution in [0.5, 0.6) is 0 Å². The maximum absolute atomic E-state index is 11.8. The Bertz CT molecular complexity index is 568. The molecule has 0 atom stereocenters. The van der Waals surface area contributed by atoms with Gasteiger partial charge in [-0.25, -0.2) is 13.4 Å². The van der Waals surface area contributed by atoms with Crippen molar-refractivity contribution in [1.82, 2.24) is 14.9 Å². The Kier molecular flexibility index (Phi) is 5.48. The third kappa shape index (κ3) is 4.87. The molecule has 0 amide bonds. The van der Waals surface area contributed by atoms with Crippen molar-refractivity contribution in [3.63, 3.8) is 0 Å². The molecular weight excluding hydrogens is 322 g/mol. The van der Waals surface area contributed by atoms with Crippen LogP contribution >= 0.6 is 15.9 Å². The lowest BCUT2D eigenvalue weighted by Gasteiger charge is -2.09. The molecule has 0 aliphatic carbocycles. The van der Waals surface area contributed by atoms with E-state index in [1.165, 1.54) is 17.0 Å². The molecule has 0 fully saturated rings. The van der Waals surface area contributed by atoms with E-state index in [0.29, 0.717) is 29.9 Å². The van der Waals surface area contributed by atoms with Crippen LogP contribution in [0.2, 0.25) is 0 Å². The number of rotatable bonds is 6. The van der Waals surface area contributed by atoms with Crippen molar-refractivity contribution in [2.45, 2.75) is 13.5 Å². The summed E-state index contributed by atoms with van der Waals surface area (Å²) in [5.41, 5.74) is -0.132. The Balaban J connectivity index is 2.50. The van der Waals surface area contributed by atoms with Crippen LogP contribution in [0, 0.1) is 6.92 Å².